The fraction of sp³-hybridized carbons (Fsp3) is 0.643. The van der Waals surface area contributed by atoms with E-state index in [9.17, 15) is 19.5 Å². The molecule has 0 radical (unpaired) electrons. The molecule has 2 heterocycles. The highest BCUT2D eigenvalue weighted by Crippen LogP contribution is 2.47. The number of aliphatic hydroxyl groups is 1. The normalized spacial score (nSPS) is 31.2. The van der Waals surface area contributed by atoms with Crippen molar-refractivity contribution in [1.29, 1.82) is 0 Å². The van der Waals surface area contributed by atoms with Crippen molar-refractivity contribution in [3.63, 3.8) is 0 Å². The number of H-pyrrole nitrogens is 1. The lowest BCUT2D eigenvalue weighted by molar-refractivity contribution is -0.156. The minimum atomic E-state index is -0.907. The smallest absolute Gasteiger partial charge is 0.330 e. The van der Waals surface area contributed by atoms with E-state index in [2.05, 4.69) is 4.98 Å². The van der Waals surface area contributed by atoms with Gasteiger partial charge in [-0.3, -0.25) is 19.1 Å². The van der Waals surface area contributed by atoms with Crippen LogP contribution in [0.4, 0.5) is 0 Å². The fourth-order valence-electron chi connectivity index (χ4n) is 2.80. The van der Waals surface area contributed by atoms with Crippen molar-refractivity contribution in [2.75, 3.05) is 6.61 Å². The quantitative estimate of drug-likeness (QED) is 0.743. The van der Waals surface area contributed by atoms with E-state index in [1.165, 1.54) is 23.8 Å². The summed E-state index contributed by atoms with van der Waals surface area (Å²) < 4.78 is 12.3. The molecule has 0 amide bonds. The second kappa shape index (κ2) is 6.05. The number of rotatable bonds is 4. The Morgan fingerprint density at radius 2 is 2.23 bits per heavy atom. The van der Waals surface area contributed by atoms with Crippen LogP contribution in [0.1, 0.15) is 33.4 Å². The van der Waals surface area contributed by atoms with E-state index >= 15 is 0 Å². The highest BCUT2D eigenvalue weighted by molar-refractivity contribution is 5.66. The predicted molar refractivity (Wildman–Crippen MR) is 76.3 cm³/mol. The van der Waals surface area contributed by atoms with Crippen molar-refractivity contribution in [2.24, 2.45) is 5.41 Å². The molecule has 1 fully saturated rings. The zero-order chi connectivity index (χ0) is 16.5. The Balaban J connectivity index is 2.50. The second-order valence-corrected chi connectivity index (χ2v) is 5.60. The first-order valence-corrected chi connectivity index (χ1v) is 7.08. The first-order valence-electron chi connectivity index (χ1n) is 7.08. The molecule has 0 aliphatic carbocycles. The van der Waals surface area contributed by atoms with Crippen LogP contribution in [0.3, 0.4) is 0 Å². The van der Waals surface area contributed by atoms with Crippen LogP contribution in [-0.2, 0) is 14.3 Å². The third-order valence-electron chi connectivity index (χ3n) is 4.29. The number of ether oxygens (including phenoxy) is 2. The monoisotopic (exact) mass is 312 g/mol. The molecule has 2 rings (SSSR count). The van der Waals surface area contributed by atoms with Crippen molar-refractivity contribution in [3.05, 3.63) is 33.1 Å². The summed E-state index contributed by atoms with van der Waals surface area (Å²) in [6.07, 6.45) is -0.389. The molecule has 1 aromatic heterocycles. The van der Waals surface area contributed by atoms with Gasteiger partial charge in [0, 0.05) is 24.6 Å². The lowest BCUT2D eigenvalue weighted by Crippen LogP contribution is -2.43. The molecule has 1 aromatic rings. The SMILES string of the molecule is CC[C@]1(C)[C@@H](CO)O[C@@H](n2ccc(=O)[nH]c2=O)[C@@H]1OC(C)=O. The van der Waals surface area contributed by atoms with Crippen LogP contribution in [0.5, 0.6) is 0 Å². The second-order valence-electron chi connectivity index (χ2n) is 5.60. The van der Waals surface area contributed by atoms with Gasteiger partial charge in [0.2, 0.25) is 0 Å². The predicted octanol–water partition coefficient (Wildman–Crippen LogP) is -0.226. The lowest BCUT2D eigenvalue weighted by atomic mass is 9.78. The summed E-state index contributed by atoms with van der Waals surface area (Å²) in [4.78, 5) is 36.7. The molecule has 0 bridgehead atoms. The molecular weight excluding hydrogens is 292 g/mol. The molecule has 1 aliphatic rings. The van der Waals surface area contributed by atoms with Gasteiger partial charge in [-0.2, -0.15) is 0 Å². The van der Waals surface area contributed by atoms with Gasteiger partial charge in [0.1, 0.15) is 0 Å². The number of carbonyl (C=O) groups is 1. The molecule has 1 aliphatic heterocycles. The van der Waals surface area contributed by atoms with E-state index in [1.807, 2.05) is 13.8 Å². The molecule has 0 spiro atoms. The Morgan fingerprint density at radius 1 is 1.55 bits per heavy atom. The third-order valence-corrected chi connectivity index (χ3v) is 4.29. The third kappa shape index (κ3) is 2.71. The maximum absolute atomic E-state index is 12.0. The molecule has 0 saturated carbocycles. The molecule has 122 valence electrons. The average Bonchev–Trinajstić information content (AvgIpc) is 2.72. The van der Waals surface area contributed by atoms with Crippen molar-refractivity contribution in [2.45, 2.75) is 45.6 Å². The summed E-state index contributed by atoms with van der Waals surface area (Å²) in [5.41, 5.74) is -1.84. The van der Waals surface area contributed by atoms with Gasteiger partial charge in [0.15, 0.2) is 12.3 Å². The lowest BCUT2D eigenvalue weighted by Gasteiger charge is -2.32. The summed E-state index contributed by atoms with van der Waals surface area (Å²) >= 11 is 0. The van der Waals surface area contributed by atoms with Gasteiger partial charge in [-0.1, -0.05) is 13.8 Å². The van der Waals surface area contributed by atoms with Crippen molar-refractivity contribution >= 4 is 5.97 Å². The summed E-state index contributed by atoms with van der Waals surface area (Å²) in [7, 11) is 0. The van der Waals surface area contributed by atoms with Crippen molar-refractivity contribution < 1.29 is 19.4 Å². The van der Waals surface area contributed by atoms with Crippen LogP contribution in [0.15, 0.2) is 21.9 Å². The Hall–Kier alpha value is -1.93. The average molecular weight is 312 g/mol. The largest absolute Gasteiger partial charge is 0.457 e. The Bertz CT molecular complexity index is 666. The number of aromatic nitrogens is 2. The Labute approximate surface area is 126 Å². The fourth-order valence-corrected chi connectivity index (χ4v) is 2.80. The summed E-state index contributed by atoms with van der Waals surface area (Å²) in [6, 6.07) is 1.19. The molecular formula is C14H20N2O6. The summed E-state index contributed by atoms with van der Waals surface area (Å²) in [5.74, 6) is -0.505. The molecule has 22 heavy (non-hydrogen) atoms. The van der Waals surface area contributed by atoms with Crippen molar-refractivity contribution in [1.82, 2.24) is 9.55 Å². The minimum Gasteiger partial charge on any atom is -0.457 e. The van der Waals surface area contributed by atoms with Crippen LogP contribution >= 0.6 is 0 Å². The summed E-state index contributed by atoms with van der Waals surface area (Å²) in [5, 5.41) is 9.55. The number of hydrogen-bond acceptors (Lipinski definition) is 6. The Kier molecular flexibility index (Phi) is 4.52. The topological polar surface area (TPSA) is 111 Å². The number of nitrogens with zero attached hydrogens (tertiary/aromatic N) is 1. The number of nitrogens with one attached hydrogen (secondary N) is 1. The number of hydrogen-bond donors (Lipinski definition) is 2. The van der Waals surface area contributed by atoms with Crippen LogP contribution in [0, 0.1) is 5.41 Å². The van der Waals surface area contributed by atoms with Gasteiger partial charge in [0.25, 0.3) is 5.56 Å². The maximum Gasteiger partial charge on any atom is 0.330 e. The summed E-state index contributed by atoms with van der Waals surface area (Å²) in [6.45, 7) is 4.73. The van der Waals surface area contributed by atoms with Gasteiger partial charge < -0.3 is 14.6 Å². The van der Waals surface area contributed by atoms with Gasteiger partial charge in [-0.05, 0) is 6.42 Å². The zero-order valence-corrected chi connectivity index (χ0v) is 12.7. The van der Waals surface area contributed by atoms with Crippen molar-refractivity contribution in [3.8, 4) is 0 Å². The van der Waals surface area contributed by atoms with E-state index in [-0.39, 0.29) is 6.61 Å². The number of aromatic amines is 1. The van der Waals surface area contributed by atoms with Crippen LogP contribution < -0.4 is 11.2 Å². The molecule has 8 heteroatoms. The molecule has 8 nitrogen and oxygen atoms in total. The highest BCUT2D eigenvalue weighted by atomic mass is 16.6. The standard InChI is InChI=1S/C14H20N2O6/c1-4-14(3)9(7-17)22-12(11(14)21-8(2)18)16-6-5-10(19)15-13(16)20/h5-6,9,11-12,17H,4,7H2,1-3H3,(H,15,19,20)/t9-,11+,12-,14-/m1/s1. The van der Waals surface area contributed by atoms with E-state index in [0.717, 1.165) is 0 Å². The first kappa shape index (κ1) is 16.4. The van der Waals surface area contributed by atoms with E-state index in [1.54, 1.807) is 0 Å². The zero-order valence-electron chi connectivity index (χ0n) is 12.7. The maximum atomic E-state index is 12.0. The Morgan fingerprint density at radius 3 is 2.73 bits per heavy atom. The van der Waals surface area contributed by atoms with E-state index in [0.29, 0.717) is 6.42 Å². The van der Waals surface area contributed by atoms with Crippen LogP contribution in [0.2, 0.25) is 0 Å². The molecule has 1 saturated heterocycles. The highest BCUT2D eigenvalue weighted by Gasteiger charge is 2.55. The number of aliphatic hydroxyl groups excluding tert-OH is 1. The molecule has 0 unspecified atom stereocenters. The van der Waals surface area contributed by atoms with Gasteiger partial charge >= 0.3 is 11.7 Å². The number of esters is 1. The van der Waals surface area contributed by atoms with Crippen LogP contribution in [-0.4, -0.2) is 39.4 Å². The van der Waals surface area contributed by atoms with Gasteiger partial charge in [0.05, 0.1) is 12.7 Å². The number of carbonyl (C=O) groups excluding carboxylic acids is 1. The molecule has 2 N–H and O–H groups in total. The van der Waals surface area contributed by atoms with E-state index < -0.39 is 41.1 Å². The van der Waals surface area contributed by atoms with Crippen LogP contribution in [0.25, 0.3) is 0 Å². The first-order chi connectivity index (χ1) is 10.3. The van der Waals surface area contributed by atoms with E-state index in [4.69, 9.17) is 9.47 Å². The van der Waals surface area contributed by atoms with Gasteiger partial charge in [-0.25, -0.2) is 4.79 Å². The molecule has 0 aromatic carbocycles. The minimum absolute atomic E-state index is 0.267. The van der Waals surface area contributed by atoms with Gasteiger partial charge in [-0.15, -0.1) is 0 Å². The molecule has 4 atom stereocenters.